The van der Waals surface area contributed by atoms with Crippen LogP contribution in [0.2, 0.25) is 10.0 Å². The summed E-state index contributed by atoms with van der Waals surface area (Å²) in [6.07, 6.45) is 0. The molecule has 3 aromatic carbocycles. The van der Waals surface area contributed by atoms with Gasteiger partial charge >= 0.3 is 0 Å². The van der Waals surface area contributed by atoms with Crippen LogP contribution in [0.5, 0.6) is 5.75 Å². The number of nitrogens with zero attached hydrogens (tertiary/aromatic N) is 1. The summed E-state index contributed by atoms with van der Waals surface area (Å²) in [7, 11) is 1.55. The summed E-state index contributed by atoms with van der Waals surface area (Å²) >= 11 is 12.4. The fraction of sp³-hybridized carbons (Fsp3) is 0.0833. The molecule has 1 amide bonds. The Morgan fingerprint density at radius 2 is 1.74 bits per heavy atom. The zero-order valence-corrected chi connectivity index (χ0v) is 17.8. The van der Waals surface area contributed by atoms with E-state index >= 15 is 0 Å². The summed E-state index contributed by atoms with van der Waals surface area (Å²) < 4.78 is 11.3. The summed E-state index contributed by atoms with van der Waals surface area (Å²) in [5.74, 6) is 0.184. The van der Waals surface area contributed by atoms with E-state index in [9.17, 15) is 9.59 Å². The van der Waals surface area contributed by atoms with Gasteiger partial charge in [-0.25, -0.2) is 0 Å². The zero-order valence-electron chi connectivity index (χ0n) is 16.3. The molecule has 1 unspecified atom stereocenters. The number of rotatable bonds is 3. The minimum atomic E-state index is -0.731. The van der Waals surface area contributed by atoms with Crippen molar-refractivity contribution in [3.63, 3.8) is 0 Å². The predicted octanol–water partition coefficient (Wildman–Crippen LogP) is 5.86. The van der Waals surface area contributed by atoms with Crippen LogP contribution in [0.3, 0.4) is 0 Å². The van der Waals surface area contributed by atoms with Crippen molar-refractivity contribution in [2.75, 3.05) is 12.0 Å². The third-order valence-electron chi connectivity index (χ3n) is 5.37. The Labute approximate surface area is 187 Å². The van der Waals surface area contributed by atoms with E-state index < -0.39 is 11.9 Å². The number of halogens is 2. The third-order valence-corrected chi connectivity index (χ3v) is 6.11. The van der Waals surface area contributed by atoms with Gasteiger partial charge < -0.3 is 9.15 Å². The average molecular weight is 452 g/mol. The lowest BCUT2D eigenvalue weighted by atomic mass is 9.98. The van der Waals surface area contributed by atoms with E-state index in [4.69, 9.17) is 32.4 Å². The number of carbonyl (C=O) groups excluding carboxylic acids is 1. The summed E-state index contributed by atoms with van der Waals surface area (Å²) in [5.41, 5.74) is 1.58. The molecule has 0 N–H and O–H groups in total. The molecule has 0 radical (unpaired) electrons. The number of hydrogen-bond acceptors (Lipinski definition) is 4. The van der Waals surface area contributed by atoms with Crippen molar-refractivity contribution in [3.8, 4) is 5.75 Å². The molecule has 0 aliphatic carbocycles. The first-order valence-electron chi connectivity index (χ1n) is 9.48. The minimum absolute atomic E-state index is 0.0163. The van der Waals surface area contributed by atoms with Gasteiger partial charge in [0.05, 0.1) is 34.1 Å². The van der Waals surface area contributed by atoms with Crippen LogP contribution in [0.4, 0.5) is 5.69 Å². The maximum absolute atomic E-state index is 13.5. The molecule has 5 rings (SSSR count). The van der Waals surface area contributed by atoms with Gasteiger partial charge in [-0.3, -0.25) is 14.5 Å². The lowest BCUT2D eigenvalue weighted by molar-refractivity contribution is 0.0971. The van der Waals surface area contributed by atoms with Crippen molar-refractivity contribution >= 4 is 45.8 Å². The highest BCUT2D eigenvalue weighted by Crippen LogP contribution is 2.43. The van der Waals surface area contributed by atoms with Crippen LogP contribution < -0.4 is 15.1 Å². The molecule has 154 valence electrons. The Bertz CT molecular complexity index is 1410. The van der Waals surface area contributed by atoms with E-state index in [1.165, 1.54) is 4.90 Å². The highest BCUT2D eigenvalue weighted by molar-refractivity contribution is 6.42. The number of methoxy groups -OCH3 is 1. The molecule has 0 saturated carbocycles. The highest BCUT2D eigenvalue weighted by atomic mass is 35.5. The second-order valence-corrected chi connectivity index (χ2v) is 7.94. The Hall–Kier alpha value is -3.28. The van der Waals surface area contributed by atoms with Crippen LogP contribution in [0, 0.1) is 0 Å². The van der Waals surface area contributed by atoms with Crippen LogP contribution in [-0.2, 0) is 0 Å². The zero-order chi connectivity index (χ0) is 21.7. The van der Waals surface area contributed by atoms with Gasteiger partial charge in [-0.1, -0.05) is 47.5 Å². The van der Waals surface area contributed by atoms with Gasteiger partial charge in [-0.2, -0.15) is 0 Å². The standard InChI is InChI=1S/C24H15Cl2NO4/c1-30-15-6-4-5-14(12-15)27-21(13-9-10-17(25)18(26)11-13)20-22(28)16-7-2-3-8-19(16)31-23(20)24(27)29/h2-12,21H,1H3. The van der Waals surface area contributed by atoms with Crippen molar-refractivity contribution in [2.24, 2.45) is 0 Å². The maximum Gasteiger partial charge on any atom is 0.295 e. The smallest absolute Gasteiger partial charge is 0.295 e. The van der Waals surface area contributed by atoms with E-state index in [0.717, 1.165) is 0 Å². The summed E-state index contributed by atoms with van der Waals surface area (Å²) in [6, 6.07) is 18.3. The van der Waals surface area contributed by atoms with Crippen LogP contribution in [0.1, 0.15) is 27.7 Å². The normalized spacial score (nSPS) is 15.4. The molecule has 1 aromatic heterocycles. The van der Waals surface area contributed by atoms with E-state index in [1.807, 2.05) is 0 Å². The van der Waals surface area contributed by atoms with Crippen LogP contribution in [-0.4, -0.2) is 13.0 Å². The molecule has 5 nitrogen and oxygen atoms in total. The molecule has 7 heteroatoms. The SMILES string of the molecule is COc1cccc(N2C(=O)c3oc4ccccc4c(=O)c3C2c2ccc(Cl)c(Cl)c2)c1. The molecule has 0 fully saturated rings. The molecule has 0 saturated heterocycles. The largest absolute Gasteiger partial charge is 0.497 e. The average Bonchev–Trinajstić information content (AvgIpc) is 3.08. The number of anilines is 1. The van der Waals surface area contributed by atoms with Crippen molar-refractivity contribution in [3.05, 3.63) is 104 Å². The number of fused-ring (bicyclic) bond motifs is 2. The monoisotopic (exact) mass is 451 g/mol. The first-order chi connectivity index (χ1) is 15.0. The molecule has 0 bridgehead atoms. The van der Waals surface area contributed by atoms with Gasteiger partial charge in [0.15, 0.2) is 5.43 Å². The second-order valence-electron chi connectivity index (χ2n) is 7.12. The van der Waals surface area contributed by atoms with E-state index in [0.29, 0.717) is 38.0 Å². The van der Waals surface area contributed by atoms with Crippen LogP contribution in [0.25, 0.3) is 11.0 Å². The molecular formula is C24H15Cl2NO4. The van der Waals surface area contributed by atoms with E-state index in [1.54, 1.807) is 73.8 Å². The summed E-state index contributed by atoms with van der Waals surface area (Å²) in [5, 5.41) is 1.12. The Morgan fingerprint density at radius 1 is 0.935 bits per heavy atom. The fourth-order valence-corrected chi connectivity index (χ4v) is 4.25. The highest BCUT2D eigenvalue weighted by Gasteiger charge is 2.43. The Morgan fingerprint density at radius 3 is 2.52 bits per heavy atom. The predicted molar refractivity (Wildman–Crippen MR) is 121 cm³/mol. The van der Waals surface area contributed by atoms with Gasteiger partial charge in [-0.15, -0.1) is 0 Å². The number of amides is 1. The quantitative estimate of drug-likeness (QED) is 0.391. The maximum atomic E-state index is 13.5. The fourth-order valence-electron chi connectivity index (χ4n) is 3.94. The lowest BCUT2D eigenvalue weighted by Gasteiger charge is -2.25. The number of benzene rings is 3. The number of ether oxygens (including phenoxy) is 1. The van der Waals surface area contributed by atoms with Crippen molar-refractivity contribution < 1.29 is 13.9 Å². The van der Waals surface area contributed by atoms with Crippen molar-refractivity contribution in [1.29, 1.82) is 0 Å². The minimum Gasteiger partial charge on any atom is -0.497 e. The van der Waals surface area contributed by atoms with E-state index in [2.05, 4.69) is 0 Å². The molecule has 1 aliphatic rings. The van der Waals surface area contributed by atoms with Gasteiger partial charge in [-0.05, 0) is 42.0 Å². The Balaban J connectivity index is 1.82. The molecular weight excluding hydrogens is 437 g/mol. The van der Waals surface area contributed by atoms with E-state index in [-0.39, 0.29) is 16.8 Å². The summed E-state index contributed by atoms with van der Waals surface area (Å²) in [4.78, 5) is 28.5. The van der Waals surface area contributed by atoms with Crippen LogP contribution in [0.15, 0.2) is 75.9 Å². The van der Waals surface area contributed by atoms with Crippen molar-refractivity contribution in [1.82, 2.24) is 0 Å². The molecule has 2 heterocycles. The third kappa shape index (κ3) is 3.09. The van der Waals surface area contributed by atoms with Gasteiger partial charge in [0.25, 0.3) is 5.91 Å². The number of para-hydroxylation sites is 1. The first-order valence-corrected chi connectivity index (χ1v) is 10.2. The number of carbonyl (C=O) groups is 1. The molecule has 1 aliphatic heterocycles. The first kappa shape index (κ1) is 19.7. The van der Waals surface area contributed by atoms with Gasteiger partial charge in [0.2, 0.25) is 5.76 Å². The number of hydrogen-bond donors (Lipinski definition) is 0. The second kappa shape index (κ2) is 7.45. The topological polar surface area (TPSA) is 59.8 Å². The van der Waals surface area contributed by atoms with Gasteiger partial charge in [0, 0.05) is 11.8 Å². The molecule has 4 aromatic rings. The summed E-state index contributed by atoms with van der Waals surface area (Å²) in [6.45, 7) is 0. The van der Waals surface area contributed by atoms with Crippen molar-refractivity contribution in [2.45, 2.75) is 6.04 Å². The molecule has 0 spiro atoms. The van der Waals surface area contributed by atoms with Gasteiger partial charge in [0.1, 0.15) is 11.3 Å². The molecule has 1 atom stereocenters. The molecule has 31 heavy (non-hydrogen) atoms. The Kier molecular flexibility index (Phi) is 4.73. The lowest BCUT2D eigenvalue weighted by Crippen LogP contribution is -2.29. The van der Waals surface area contributed by atoms with Crippen LogP contribution >= 0.6 is 23.2 Å².